The van der Waals surface area contributed by atoms with Crippen LogP contribution < -0.4 is 5.56 Å². The van der Waals surface area contributed by atoms with E-state index in [4.69, 9.17) is 5.26 Å². The van der Waals surface area contributed by atoms with Crippen molar-refractivity contribution in [2.24, 2.45) is 0 Å². The van der Waals surface area contributed by atoms with Crippen LogP contribution in [0.3, 0.4) is 0 Å². The summed E-state index contributed by atoms with van der Waals surface area (Å²) in [5, 5.41) is 8.75. The molecule has 0 fully saturated rings. The van der Waals surface area contributed by atoms with Gasteiger partial charge in [0.25, 0.3) is 5.56 Å². The summed E-state index contributed by atoms with van der Waals surface area (Å²) in [5.74, 6) is -0.489. The average Bonchev–Trinajstić information content (AvgIpc) is 2.32. The van der Waals surface area contributed by atoms with E-state index >= 15 is 0 Å². The fourth-order valence-electron chi connectivity index (χ4n) is 1.64. The van der Waals surface area contributed by atoms with Crippen LogP contribution in [-0.4, -0.2) is 9.55 Å². The topological polar surface area (TPSA) is 58.7 Å². The maximum atomic E-state index is 13.2. The Morgan fingerprint density at radius 3 is 2.83 bits per heavy atom. The van der Waals surface area contributed by atoms with Crippen LogP contribution in [-0.2, 0) is 6.54 Å². The van der Waals surface area contributed by atoms with Crippen LogP contribution in [0.5, 0.6) is 0 Å². The Hall–Kier alpha value is -2.48. The van der Waals surface area contributed by atoms with Gasteiger partial charge in [0.15, 0.2) is 0 Å². The second-order valence-electron chi connectivity index (χ2n) is 3.96. The summed E-state index contributed by atoms with van der Waals surface area (Å²) in [7, 11) is 0. The molecule has 0 N–H and O–H groups in total. The molecule has 1 heterocycles. The van der Waals surface area contributed by atoms with Gasteiger partial charge >= 0.3 is 0 Å². The highest BCUT2D eigenvalue weighted by Gasteiger charge is 2.03. The summed E-state index contributed by atoms with van der Waals surface area (Å²) < 4.78 is 14.6. The number of hydrogen-bond acceptors (Lipinski definition) is 3. The third-order valence-electron chi connectivity index (χ3n) is 2.46. The molecule has 4 nitrogen and oxygen atoms in total. The normalized spacial score (nSPS) is 10.1. The van der Waals surface area contributed by atoms with E-state index in [0.29, 0.717) is 11.3 Å². The second kappa shape index (κ2) is 4.80. The molecule has 0 radical (unpaired) electrons. The van der Waals surface area contributed by atoms with E-state index in [1.54, 1.807) is 13.0 Å². The van der Waals surface area contributed by atoms with Crippen LogP contribution in [0.25, 0.3) is 0 Å². The summed E-state index contributed by atoms with van der Waals surface area (Å²) in [4.78, 5) is 15.7. The molecular formula is C13H10FN3O. The monoisotopic (exact) mass is 243 g/mol. The standard InChI is InChI=1S/C13H10FN3O/c1-9-2-13(18)17(8-16-9)7-11-3-10(6-15)4-12(14)5-11/h2-5,8H,7H2,1H3. The first kappa shape index (κ1) is 12.0. The van der Waals surface area contributed by atoms with E-state index in [1.807, 2.05) is 6.07 Å². The molecule has 90 valence electrons. The predicted molar refractivity (Wildman–Crippen MR) is 63.5 cm³/mol. The molecule has 0 bridgehead atoms. The Balaban J connectivity index is 2.37. The highest BCUT2D eigenvalue weighted by atomic mass is 19.1. The van der Waals surface area contributed by atoms with Gasteiger partial charge < -0.3 is 0 Å². The van der Waals surface area contributed by atoms with Gasteiger partial charge in [0, 0.05) is 11.8 Å². The van der Waals surface area contributed by atoms with Gasteiger partial charge in [0.2, 0.25) is 0 Å². The first-order chi connectivity index (χ1) is 8.58. The van der Waals surface area contributed by atoms with Crippen LogP contribution in [0.2, 0.25) is 0 Å². The number of aromatic nitrogens is 2. The number of halogens is 1. The zero-order chi connectivity index (χ0) is 13.1. The molecule has 2 rings (SSSR count). The molecule has 0 atom stereocenters. The highest BCUT2D eigenvalue weighted by molar-refractivity contribution is 5.33. The van der Waals surface area contributed by atoms with Crippen molar-refractivity contribution in [3.63, 3.8) is 0 Å². The van der Waals surface area contributed by atoms with Gasteiger partial charge in [-0.25, -0.2) is 9.37 Å². The number of nitriles is 1. The van der Waals surface area contributed by atoms with Gasteiger partial charge in [-0.05, 0) is 30.7 Å². The molecule has 0 aliphatic heterocycles. The molecule has 0 amide bonds. The number of aryl methyl sites for hydroxylation is 1. The smallest absolute Gasteiger partial charge is 0.253 e. The number of nitrogens with zero attached hydrogens (tertiary/aromatic N) is 3. The van der Waals surface area contributed by atoms with Crippen molar-refractivity contribution in [1.82, 2.24) is 9.55 Å². The summed E-state index contributed by atoms with van der Waals surface area (Å²) >= 11 is 0. The fraction of sp³-hybridized carbons (Fsp3) is 0.154. The molecule has 1 aromatic carbocycles. The summed E-state index contributed by atoms with van der Waals surface area (Å²) in [6, 6.07) is 7.28. The minimum absolute atomic E-state index is 0.193. The quantitative estimate of drug-likeness (QED) is 0.805. The number of hydrogen-bond donors (Lipinski definition) is 0. The van der Waals surface area contributed by atoms with Gasteiger partial charge in [-0.3, -0.25) is 9.36 Å². The lowest BCUT2D eigenvalue weighted by Gasteiger charge is -2.06. The Kier molecular flexibility index (Phi) is 3.20. The summed E-state index contributed by atoms with van der Waals surface area (Å²) in [6.07, 6.45) is 1.41. The minimum Gasteiger partial charge on any atom is -0.295 e. The first-order valence-corrected chi connectivity index (χ1v) is 5.31. The van der Waals surface area contributed by atoms with E-state index in [1.165, 1.54) is 23.0 Å². The predicted octanol–water partition coefficient (Wildman–Crippen LogP) is 1.61. The van der Waals surface area contributed by atoms with Crippen LogP contribution in [0.15, 0.2) is 35.4 Å². The van der Waals surface area contributed by atoms with Crippen molar-refractivity contribution in [3.8, 4) is 6.07 Å². The maximum absolute atomic E-state index is 13.2. The number of rotatable bonds is 2. The van der Waals surface area contributed by atoms with Crippen LogP contribution in [0.4, 0.5) is 4.39 Å². The zero-order valence-corrected chi connectivity index (χ0v) is 9.72. The Bertz CT molecular complexity index is 685. The molecule has 0 unspecified atom stereocenters. The van der Waals surface area contributed by atoms with E-state index in [9.17, 15) is 9.18 Å². The molecule has 2 aromatic rings. The van der Waals surface area contributed by atoms with Gasteiger partial charge in [0.1, 0.15) is 5.82 Å². The fourth-order valence-corrected chi connectivity index (χ4v) is 1.64. The van der Waals surface area contributed by atoms with Crippen molar-refractivity contribution in [1.29, 1.82) is 5.26 Å². The van der Waals surface area contributed by atoms with Crippen LogP contribution in [0.1, 0.15) is 16.8 Å². The first-order valence-electron chi connectivity index (χ1n) is 5.31. The second-order valence-corrected chi connectivity index (χ2v) is 3.96. The Morgan fingerprint density at radius 2 is 2.17 bits per heavy atom. The zero-order valence-electron chi connectivity index (χ0n) is 9.72. The third-order valence-corrected chi connectivity index (χ3v) is 2.46. The van der Waals surface area contributed by atoms with Crippen molar-refractivity contribution in [2.45, 2.75) is 13.5 Å². The van der Waals surface area contributed by atoms with Crippen molar-refractivity contribution >= 4 is 0 Å². The van der Waals surface area contributed by atoms with E-state index < -0.39 is 5.82 Å². The van der Waals surface area contributed by atoms with Gasteiger partial charge in [-0.1, -0.05) is 0 Å². The van der Waals surface area contributed by atoms with Gasteiger partial charge in [-0.15, -0.1) is 0 Å². The lowest BCUT2D eigenvalue weighted by Crippen LogP contribution is -2.20. The molecule has 18 heavy (non-hydrogen) atoms. The lowest BCUT2D eigenvalue weighted by atomic mass is 10.1. The van der Waals surface area contributed by atoms with Gasteiger partial charge in [0.05, 0.1) is 24.5 Å². The van der Waals surface area contributed by atoms with E-state index in [2.05, 4.69) is 4.98 Å². The molecule has 0 aliphatic carbocycles. The van der Waals surface area contributed by atoms with E-state index in [0.717, 1.165) is 6.07 Å². The molecular weight excluding hydrogens is 233 g/mol. The maximum Gasteiger partial charge on any atom is 0.253 e. The molecule has 5 heteroatoms. The van der Waals surface area contributed by atoms with Crippen LogP contribution >= 0.6 is 0 Å². The summed E-state index contributed by atoms with van der Waals surface area (Å²) in [5.41, 5.74) is 1.22. The largest absolute Gasteiger partial charge is 0.295 e. The molecule has 0 spiro atoms. The van der Waals surface area contributed by atoms with Gasteiger partial charge in [-0.2, -0.15) is 5.26 Å². The summed E-state index contributed by atoms with van der Waals surface area (Å²) in [6.45, 7) is 1.92. The highest BCUT2D eigenvalue weighted by Crippen LogP contribution is 2.09. The van der Waals surface area contributed by atoms with Crippen LogP contribution in [0, 0.1) is 24.1 Å². The Morgan fingerprint density at radius 1 is 1.39 bits per heavy atom. The van der Waals surface area contributed by atoms with E-state index in [-0.39, 0.29) is 17.7 Å². The molecule has 0 aliphatic rings. The number of benzene rings is 1. The lowest BCUT2D eigenvalue weighted by molar-refractivity contribution is 0.621. The Labute approximate surface area is 103 Å². The molecule has 0 saturated heterocycles. The van der Waals surface area contributed by atoms with Crippen molar-refractivity contribution < 1.29 is 4.39 Å². The minimum atomic E-state index is -0.489. The average molecular weight is 243 g/mol. The SMILES string of the molecule is Cc1cc(=O)n(Cc2cc(F)cc(C#N)c2)cn1. The molecule has 1 aromatic heterocycles. The molecule has 0 saturated carbocycles. The van der Waals surface area contributed by atoms with Crippen molar-refractivity contribution in [3.05, 3.63) is 63.6 Å². The van der Waals surface area contributed by atoms with Crippen molar-refractivity contribution in [2.75, 3.05) is 0 Å². The third kappa shape index (κ3) is 2.61.